The lowest BCUT2D eigenvalue weighted by Crippen LogP contribution is -2.11. The number of hydrogen-bond donors (Lipinski definition) is 0. The first-order valence-electron chi connectivity index (χ1n) is 14.6. The van der Waals surface area contributed by atoms with Crippen molar-refractivity contribution in [2.75, 3.05) is 0 Å². The Morgan fingerprint density at radius 3 is 0.889 bits per heavy atom. The van der Waals surface area contributed by atoms with Crippen molar-refractivity contribution in [3.63, 3.8) is 0 Å². The normalized spacial score (nSPS) is 12.3. The van der Waals surface area contributed by atoms with Gasteiger partial charge in [-0.25, -0.2) is 14.4 Å². The van der Waals surface area contributed by atoms with Gasteiger partial charge in [0.15, 0.2) is 0 Å². The summed E-state index contributed by atoms with van der Waals surface area (Å²) in [6.45, 7) is 0. The van der Waals surface area contributed by atoms with E-state index in [4.69, 9.17) is 13.3 Å². The summed E-state index contributed by atoms with van der Waals surface area (Å²) in [6.07, 6.45) is 0. The summed E-state index contributed by atoms with van der Waals surface area (Å²) in [5, 5.41) is 8.54. The van der Waals surface area contributed by atoms with Gasteiger partial charge < -0.3 is 13.3 Å². The minimum Gasteiger partial charge on any atom is -0.422 e. The number of fused-ring (bicyclic) bond motifs is 18. The van der Waals surface area contributed by atoms with Gasteiger partial charge in [0.05, 0.1) is 16.2 Å². The molecule has 0 aliphatic heterocycles. The molecule has 7 aromatic carbocycles. The van der Waals surface area contributed by atoms with Gasteiger partial charge in [-0.2, -0.15) is 0 Å². The molecule has 0 aliphatic rings. The summed E-state index contributed by atoms with van der Waals surface area (Å²) in [6, 6.07) is 34.2. The molecule has 0 fully saturated rings. The number of hydrogen-bond acceptors (Lipinski definition) is 6. The second-order valence-electron chi connectivity index (χ2n) is 11.4. The van der Waals surface area contributed by atoms with E-state index in [1.165, 1.54) is 0 Å². The fraction of sp³-hybridized carbons (Fsp3) is 0. The topological polar surface area (TPSA) is 90.6 Å². The Morgan fingerprint density at radius 1 is 0.289 bits per heavy atom. The van der Waals surface area contributed by atoms with E-state index in [1.54, 1.807) is 18.2 Å². The molecule has 210 valence electrons. The Balaban J connectivity index is 1.72. The van der Waals surface area contributed by atoms with Crippen molar-refractivity contribution in [3.8, 4) is 0 Å². The predicted molar refractivity (Wildman–Crippen MR) is 180 cm³/mol. The third-order valence-electron chi connectivity index (χ3n) is 9.14. The molecule has 0 saturated carbocycles. The third kappa shape index (κ3) is 3.05. The van der Waals surface area contributed by atoms with Crippen LogP contribution in [0.25, 0.3) is 97.5 Å². The summed E-state index contributed by atoms with van der Waals surface area (Å²) in [5.74, 6) is 0. The van der Waals surface area contributed by atoms with Crippen molar-refractivity contribution in [1.29, 1.82) is 0 Å². The van der Waals surface area contributed by atoms with Gasteiger partial charge in [0.1, 0.15) is 16.7 Å². The fourth-order valence-electron chi connectivity index (χ4n) is 7.35. The summed E-state index contributed by atoms with van der Waals surface area (Å²) in [7, 11) is 0. The highest BCUT2D eigenvalue weighted by atomic mass is 16.4. The summed E-state index contributed by atoms with van der Waals surface area (Å²) >= 11 is 0. The van der Waals surface area contributed by atoms with Crippen LogP contribution in [0.3, 0.4) is 0 Å². The monoisotopic (exact) mass is 582 g/mol. The van der Waals surface area contributed by atoms with E-state index in [1.807, 2.05) is 91.0 Å². The Morgan fingerprint density at radius 2 is 0.578 bits per heavy atom. The van der Waals surface area contributed by atoms with E-state index in [9.17, 15) is 14.4 Å². The average molecular weight is 583 g/mol. The van der Waals surface area contributed by atoms with Crippen LogP contribution in [0, 0.1) is 0 Å². The minimum atomic E-state index is -0.656. The first kappa shape index (κ1) is 24.2. The highest BCUT2D eigenvalue weighted by molar-refractivity contribution is 6.42. The lowest BCUT2D eigenvalue weighted by atomic mass is 9.88. The smallest absolute Gasteiger partial charge is 0.344 e. The maximum absolute atomic E-state index is 14.2. The van der Waals surface area contributed by atoms with E-state index in [0.29, 0.717) is 49.1 Å². The van der Waals surface area contributed by atoms with Crippen molar-refractivity contribution < 1.29 is 13.3 Å². The van der Waals surface area contributed by atoms with Gasteiger partial charge in [0.25, 0.3) is 0 Å². The van der Waals surface area contributed by atoms with Gasteiger partial charge in [-0.05, 0) is 50.5 Å². The maximum atomic E-state index is 14.2. The van der Waals surface area contributed by atoms with E-state index in [2.05, 4.69) is 0 Å². The van der Waals surface area contributed by atoms with Crippen LogP contribution < -0.4 is 16.9 Å². The molecule has 0 radical (unpaired) electrons. The molecule has 0 bridgehead atoms. The molecule has 10 aromatic rings. The molecule has 3 aromatic heterocycles. The van der Waals surface area contributed by atoms with Crippen molar-refractivity contribution in [2.24, 2.45) is 0 Å². The van der Waals surface area contributed by atoms with Crippen LogP contribution in [0.2, 0.25) is 0 Å². The van der Waals surface area contributed by atoms with Crippen molar-refractivity contribution in [3.05, 3.63) is 140 Å². The quantitative estimate of drug-likeness (QED) is 0.131. The molecule has 3 heterocycles. The van der Waals surface area contributed by atoms with Crippen molar-refractivity contribution in [1.82, 2.24) is 0 Å². The lowest BCUT2D eigenvalue weighted by molar-refractivity contribution is 0.567. The number of benzene rings is 7. The molecule has 6 nitrogen and oxygen atoms in total. The van der Waals surface area contributed by atoms with E-state index < -0.39 is 16.9 Å². The van der Waals surface area contributed by atoms with Crippen LogP contribution in [0.4, 0.5) is 0 Å². The van der Waals surface area contributed by atoms with Crippen molar-refractivity contribution in [2.45, 2.75) is 0 Å². The molecule has 0 spiro atoms. The molecule has 0 N–H and O–H groups in total. The van der Waals surface area contributed by atoms with Crippen LogP contribution >= 0.6 is 0 Å². The molecule has 6 heteroatoms. The highest BCUT2D eigenvalue weighted by Gasteiger charge is 2.27. The molecule has 0 aliphatic carbocycles. The molecule has 10 rings (SSSR count). The molecule has 0 unspecified atom stereocenters. The summed E-state index contributed by atoms with van der Waals surface area (Å²) in [4.78, 5) is 42.7. The van der Waals surface area contributed by atoms with Crippen LogP contribution in [-0.2, 0) is 0 Å². The highest BCUT2D eigenvalue weighted by Crippen LogP contribution is 2.44. The SMILES string of the molecule is O=c1oc2ccc3ccccc3c2c2c1c1c(c(=O)oc3ccc4ccccc4c31)c1c2c(=O)oc2ccc3ccccc3c21. The van der Waals surface area contributed by atoms with Crippen molar-refractivity contribution >= 4 is 97.5 Å². The van der Waals surface area contributed by atoms with Gasteiger partial charge >= 0.3 is 16.9 Å². The Bertz CT molecular complexity index is 2790. The maximum Gasteiger partial charge on any atom is 0.344 e. The largest absolute Gasteiger partial charge is 0.422 e. The molecule has 45 heavy (non-hydrogen) atoms. The zero-order valence-corrected chi connectivity index (χ0v) is 23.3. The van der Waals surface area contributed by atoms with Gasteiger partial charge in [-0.1, -0.05) is 91.0 Å². The zero-order chi connectivity index (χ0) is 30.0. The third-order valence-corrected chi connectivity index (χ3v) is 9.14. The van der Waals surface area contributed by atoms with Crippen LogP contribution in [-0.4, -0.2) is 0 Å². The molecular formula is C39H18O6. The average Bonchev–Trinajstić information content (AvgIpc) is 3.07. The van der Waals surface area contributed by atoms with Gasteiger partial charge in [-0.15, -0.1) is 0 Å². The standard InChI is InChI=1S/C39H18O6/c40-37-34-31(28-22-10-4-1-7-19(22)13-16-25(28)43-37)35-33(29-23-11-5-2-8-20(23)14-17-26(29)44-38(35)41)36-32(34)30-24-12-6-3-9-21(24)15-18-27(30)45-39(36)42/h1-18H. The predicted octanol–water partition coefficient (Wildman–Crippen LogP) is 8.92. The lowest BCUT2D eigenvalue weighted by Gasteiger charge is -2.15. The zero-order valence-electron chi connectivity index (χ0n) is 23.3. The second-order valence-corrected chi connectivity index (χ2v) is 11.4. The van der Waals surface area contributed by atoms with Crippen LogP contribution in [0.5, 0.6) is 0 Å². The number of rotatable bonds is 0. The Kier molecular flexibility index (Phi) is 4.53. The Labute approximate surface area is 250 Å². The second kappa shape index (κ2) is 8.42. The first-order valence-corrected chi connectivity index (χ1v) is 14.6. The van der Waals surface area contributed by atoms with E-state index >= 15 is 0 Å². The molecular weight excluding hydrogens is 564 g/mol. The Hall–Kier alpha value is -6.27. The molecule has 0 amide bonds. The summed E-state index contributed by atoms with van der Waals surface area (Å²) < 4.78 is 18.1. The van der Waals surface area contributed by atoms with E-state index in [0.717, 1.165) is 32.3 Å². The molecule has 0 saturated heterocycles. The summed E-state index contributed by atoms with van der Waals surface area (Å²) in [5.41, 5.74) is -0.963. The molecule has 0 atom stereocenters. The van der Waals surface area contributed by atoms with Crippen LogP contribution in [0.15, 0.2) is 137 Å². The van der Waals surface area contributed by atoms with Gasteiger partial charge in [0, 0.05) is 32.3 Å². The van der Waals surface area contributed by atoms with E-state index in [-0.39, 0.29) is 16.2 Å². The van der Waals surface area contributed by atoms with Crippen LogP contribution in [0.1, 0.15) is 0 Å². The minimum absolute atomic E-state index is 0.141. The fourth-order valence-corrected chi connectivity index (χ4v) is 7.35. The van der Waals surface area contributed by atoms with Gasteiger partial charge in [0.2, 0.25) is 0 Å². The van der Waals surface area contributed by atoms with Gasteiger partial charge in [-0.3, -0.25) is 0 Å². The first-order chi connectivity index (χ1) is 22.1.